The van der Waals surface area contributed by atoms with Gasteiger partial charge in [0, 0.05) is 76.6 Å². The van der Waals surface area contributed by atoms with Crippen molar-refractivity contribution in [1.82, 2.24) is 0 Å². The van der Waals surface area contributed by atoms with Crippen LogP contribution >= 0.6 is 0 Å². The zero-order chi connectivity index (χ0) is 66.3. The quantitative estimate of drug-likeness (QED) is 0.0707. The Bertz CT molecular complexity index is 3360. The zero-order valence-corrected chi connectivity index (χ0v) is 60.0. The predicted molar refractivity (Wildman–Crippen MR) is 344 cm³/mol. The molecule has 0 saturated carbocycles. The third-order valence-electron chi connectivity index (χ3n) is 18.2. The van der Waals surface area contributed by atoms with E-state index in [0.717, 1.165) is 56.5 Å². The molecule has 0 N–H and O–H groups in total. The minimum absolute atomic E-state index is 0. The van der Waals surface area contributed by atoms with E-state index in [-0.39, 0.29) is 68.4 Å². The monoisotopic (exact) mass is 1340 g/mol. The van der Waals surface area contributed by atoms with Crippen molar-refractivity contribution in [2.45, 2.75) is 208 Å². The number of amides is 1. The molecule has 6 aliphatic rings. The number of nitrogens with zero attached hydrogens (tertiary/aromatic N) is 4. The summed E-state index contributed by atoms with van der Waals surface area (Å²) < 4.78 is 88.7. The Morgan fingerprint density at radius 2 is 0.935 bits per heavy atom. The van der Waals surface area contributed by atoms with Crippen LogP contribution in [-0.4, -0.2) is 96.3 Å². The van der Waals surface area contributed by atoms with Crippen molar-refractivity contribution >= 4 is 23.0 Å². The van der Waals surface area contributed by atoms with Crippen LogP contribution in [0.15, 0.2) is 184 Å². The molecule has 17 nitrogen and oxygen atoms in total. The van der Waals surface area contributed by atoms with E-state index in [1.165, 1.54) is 0 Å². The van der Waals surface area contributed by atoms with Gasteiger partial charge in [0.2, 0.25) is 5.91 Å². The van der Waals surface area contributed by atoms with E-state index in [4.69, 9.17) is 71.8 Å². The van der Waals surface area contributed by atoms with E-state index in [2.05, 4.69) is 135 Å². The first-order valence-corrected chi connectivity index (χ1v) is 33.2. The van der Waals surface area contributed by atoms with E-state index in [1.807, 2.05) is 99.6 Å². The van der Waals surface area contributed by atoms with Gasteiger partial charge in [-0.3, -0.25) is 14.8 Å². The van der Waals surface area contributed by atoms with Crippen molar-refractivity contribution in [3.63, 3.8) is 0 Å². The molecule has 6 aliphatic heterocycles. The van der Waals surface area contributed by atoms with Gasteiger partial charge in [0.25, 0.3) is 0 Å². The minimum atomic E-state index is -4.94. The predicted octanol–water partition coefficient (Wildman–Crippen LogP) is 10.6. The van der Waals surface area contributed by atoms with Gasteiger partial charge in [-0.25, -0.2) is 23.6 Å². The van der Waals surface area contributed by atoms with Crippen LogP contribution in [0, 0.1) is 31.9 Å². The average Bonchev–Trinajstić information content (AvgIpc) is 1.70. The summed E-state index contributed by atoms with van der Waals surface area (Å²) in [6.45, 7) is 32.4. The van der Waals surface area contributed by atoms with Crippen LogP contribution in [0.4, 0.5) is 0 Å². The summed E-state index contributed by atoms with van der Waals surface area (Å²) in [7, 11) is -4.94. The number of hydrogen-bond donors (Lipinski definition) is 0. The number of halogens is 1. The molecule has 0 bridgehead atoms. The normalized spacial score (nSPS) is 31.2. The van der Waals surface area contributed by atoms with Crippen LogP contribution in [0.2, 0.25) is 0 Å². The maximum atomic E-state index is 13.3. The number of carbonyl (C=O) groups is 1. The van der Waals surface area contributed by atoms with Crippen molar-refractivity contribution in [3.05, 3.63) is 196 Å². The van der Waals surface area contributed by atoms with Crippen molar-refractivity contribution in [2.75, 3.05) is 13.2 Å². The Labute approximate surface area is 565 Å². The topological polar surface area (TPSA) is 234 Å². The Morgan fingerprint density at radius 1 is 0.548 bits per heavy atom. The zero-order valence-electron chi connectivity index (χ0n) is 56.3. The fourth-order valence-electron chi connectivity index (χ4n) is 12.9. The summed E-state index contributed by atoms with van der Waals surface area (Å²) in [4.78, 5) is 28.8. The molecule has 19 heteroatoms. The third kappa shape index (κ3) is 19.9. The maximum Gasteiger partial charge on any atom is 2.00 e. The van der Waals surface area contributed by atoms with Gasteiger partial charge in [-0.15, -0.1) is 15.9 Å². The molecule has 3 saturated heterocycles. The molecule has 2 unspecified atom stereocenters. The van der Waals surface area contributed by atoms with E-state index in [0.29, 0.717) is 77.5 Å². The molecule has 1 amide bonds. The number of rotatable bonds is 21. The van der Waals surface area contributed by atoms with E-state index in [9.17, 15) is 4.79 Å². The summed E-state index contributed by atoms with van der Waals surface area (Å²) in [6, 6.07) is 41.1. The molecule has 0 aromatic heterocycles. The second-order valence-corrected chi connectivity index (χ2v) is 29.3. The molecule has 3 fully saturated rings. The number of benzene rings is 4. The summed E-state index contributed by atoms with van der Waals surface area (Å²) in [5.41, 5.74) is 6.58. The number of carbonyl (C=O) groups excluding carboxylic acids is 1. The summed E-state index contributed by atoms with van der Waals surface area (Å²) in [5, 5.41) is 5.59. The summed E-state index contributed by atoms with van der Waals surface area (Å²) in [6.07, 6.45) is 7.09. The van der Waals surface area contributed by atoms with Crippen molar-refractivity contribution in [3.8, 4) is 0 Å². The average molecular weight is 1350 g/mol. The van der Waals surface area contributed by atoms with E-state index in [1.54, 1.807) is 0 Å². The molecule has 0 radical (unpaired) electrons. The third-order valence-corrected chi connectivity index (χ3v) is 18.2. The molecular weight excluding hydrogens is 1250 g/mol. The van der Waals surface area contributed by atoms with Gasteiger partial charge in [0.1, 0.15) is 0 Å². The number of hydrogen-bond acceptors (Lipinski definition) is 15. The molecule has 93 heavy (non-hydrogen) atoms. The molecule has 4 aromatic carbocycles. The molecule has 0 spiro atoms. The maximum absolute atomic E-state index is 13.3. The number of allylic oxidation sites excluding steroid dienone is 5. The molecule has 10 rings (SSSR count). The minimum Gasteiger partial charge on any atom is -0.664 e. The molecular formula is C74H93ClN4O13Zn. The van der Waals surface area contributed by atoms with Crippen molar-refractivity contribution in [1.29, 1.82) is 0 Å². The van der Waals surface area contributed by atoms with Gasteiger partial charge in [0.15, 0.2) is 0 Å². The smallest absolute Gasteiger partial charge is 0.664 e. The van der Waals surface area contributed by atoms with Crippen LogP contribution in [0.25, 0.3) is 5.32 Å². The van der Waals surface area contributed by atoms with Gasteiger partial charge in [-0.05, 0) is 90.1 Å². The van der Waals surface area contributed by atoms with Crippen molar-refractivity contribution < 1.29 is 91.0 Å². The molecule has 12 atom stereocenters. The van der Waals surface area contributed by atoms with Gasteiger partial charge in [-0.1, -0.05) is 168 Å². The number of ether oxygens (including phenoxy) is 8. The van der Waals surface area contributed by atoms with Crippen LogP contribution < -0.4 is 18.6 Å². The first-order chi connectivity index (χ1) is 43.3. The van der Waals surface area contributed by atoms with Crippen LogP contribution in [0.1, 0.15) is 144 Å². The summed E-state index contributed by atoms with van der Waals surface area (Å²) in [5.74, 6) is -0.168. The molecule has 4 aromatic rings. The first kappa shape index (κ1) is 73.6. The second-order valence-electron chi connectivity index (χ2n) is 28.5. The Hall–Kier alpha value is -5.25. The van der Waals surface area contributed by atoms with E-state index < -0.39 is 55.3 Å². The Morgan fingerprint density at radius 3 is 1.35 bits per heavy atom. The number of aliphatic imine (C=N–C) groups is 3. The SMILES string of the molecule is C=C1N=C(/C=C2/CC(C)(COC(C)(C)C)C(/C=C3\[N-]/C(=C\C4=NC(=O)CC4(C)COC(C)(C)C)C[C@]3(C)[C@@H]3O[C@H](C)[C@H](OCc4ccccc4)C[C@H]3OCc3ccccc3)=N2)C[C@]1(C)[C@@H]1O[C@H](C)[C@H](OCc2ccccc2)C[C@H]1OCc1ccccc1.[O-][Cl+3]([O-])([O-])[O-].[Zn+2]. The molecule has 496 valence electrons. The van der Waals surface area contributed by atoms with E-state index >= 15 is 0 Å². The Kier molecular flexibility index (Phi) is 24.4. The second kappa shape index (κ2) is 30.9. The Balaban J connectivity index is 0.00000178. The van der Waals surface area contributed by atoms with Crippen LogP contribution in [0.5, 0.6) is 0 Å². The van der Waals surface area contributed by atoms with Crippen molar-refractivity contribution in [2.24, 2.45) is 36.6 Å². The fourth-order valence-corrected chi connectivity index (χ4v) is 12.9. The van der Waals surface area contributed by atoms with Crippen LogP contribution in [0.3, 0.4) is 0 Å². The largest absolute Gasteiger partial charge is 2.00 e. The van der Waals surface area contributed by atoms with Gasteiger partial charge in [0.05, 0.1) is 105 Å². The molecule has 0 aliphatic carbocycles. The van der Waals surface area contributed by atoms with Gasteiger partial charge in [-0.2, -0.15) is 5.70 Å². The van der Waals surface area contributed by atoms with Crippen LogP contribution in [-0.2, 0) is 88.6 Å². The van der Waals surface area contributed by atoms with Gasteiger partial charge < -0.3 is 43.2 Å². The van der Waals surface area contributed by atoms with Gasteiger partial charge >= 0.3 is 19.5 Å². The standard InChI is InChI=1S/C74H94N4O9.ClHO4.Zn/c1-49-59(80-43-52-26-18-14-19-27-52)36-61(82-45-54-30-22-16-23-31-54)67(86-49)73(12)40-57(75-51(73)3)34-56-39-71(10,47-84-69(4,5)6)64(76-56)38-65-74(13,41-58(77-65)35-63-72(11,42-66(79)78-63)48-85-70(7,8)9)68-62(83-46-55-32-24-17-25-33-55)37-60(50(2)87-68)81-44-53-28-20-15-21-29-53;2-1(3,4)5;/h14-35,38,49-50,59-62,67-68H,3,36-37,39-48H2,1-2,4-13H3,(H,75,76,77,78,79);(H,2,3,4,5);/q;;+2/p-2/t49-,50-,59-,60-,61-,62-,67-,68-,71?,72?,73+,74+;;/m1../s1. The molecule has 6 heterocycles. The first-order valence-electron chi connectivity index (χ1n) is 32.0. The summed E-state index contributed by atoms with van der Waals surface area (Å²) >= 11 is 0. The fraction of sp³-hybridized carbons (Fsp3) is 0.514.